The number of nitrogens with zero attached hydrogens (tertiary/aromatic N) is 1. The summed E-state index contributed by atoms with van der Waals surface area (Å²) in [6.45, 7) is 0.827. The van der Waals surface area contributed by atoms with Gasteiger partial charge in [-0.1, -0.05) is 0 Å². The highest BCUT2D eigenvalue weighted by Gasteiger charge is 2.03. The number of hydrogen-bond donors (Lipinski definition) is 4. The monoisotopic (exact) mass is 223 g/mol. The lowest BCUT2D eigenvalue weighted by atomic mass is 10.3. The van der Waals surface area contributed by atoms with E-state index in [0.717, 1.165) is 12.1 Å². The van der Waals surface area contributed by atoms with E-state index in [0.29, 0.717) is 24.7 Å². The number of imidazole rings is 2. The van der Waals surface area contributed by atoms with Gasteiger partial charge in [-0.05, 0) is 0 Å². The van der Waals surface area contributed by atoms with Gasteiger partial charge in [0, 0.05) is 18.3 Å². The molecule has 0 radical (unpaired) electrons. The SMILES string of the molecule is Nc1[nH]c(=O)[nH]c1COCCc1cnc[nH]1. The molecular formula is C9H13N5O2. The second kappa shape index (κ2) is 4.67. The number of nitrogens with two attached hydrogens (primary N) is 1. The topological polar surface area (TPSA) is 113 Å². The van der Waals surface area contributed by atoms with Gasteiger partial charge in [0.1, 0.15) is 5.82 Å². The maximum Gasteiger partial charge on any atom is 0.324 e. The molecule has 0 amide bonds. The number of aromatic amines is 3. The summed E-state index contributed by atoms with van der Waals surface area (Å²) in [7, 11) is 0. The Labute approximate surface area is 91.1 Å². The molecule has 0 aliphatic carbocycles. The molecule has 2 heterocycles. The molecule has 0 fully saturated rings. The van der Waals surface area contributed by atoms with Crippen molar-refractivity contribution in [2.75, 3.05) is 12.3 Å². The number of ether oxygens (including phenoxy) is 1. The third-order valence-corrected chi connectivity index (χ3v) is 2.15. The Balaban J connectivity index is 1.76. The van der Waals surface area contributed by atoms with Gasteiger partial charge in [0.15, 0.2) is 0 Å². The number of rotatable bonds is 5. The van der Waals surface area contributed by atoms with Crippen molar-refractivity contribution >= 4 is 5.82 Å². The first-order valence-corrected chi connectivity index (χ1v) is 4.87. The van der Waals surface area contributed by atoms with E-state index in [9.17, 15) is 4.79 Å². The predicted molar refractivity (Wildman–Crippen MR) is 57.8 cm³/mol. The maximum atomic E-state index is 10.9. The molecule has 2 aromatic heterocycles. The van der Waals surface area contributed by atoms with Crippen LogP contribution >= 0.6 is 0 Å². The lowest BCUT2D eigenvalue weighted by Crippen LogP contribution is -2.03. The van der Waals surface area contributed by atoms with E-state index in [4.69, 9.17) is 10.5 Å². The number of H-pyrrole nitrogens is 3. The molecule has 0 aliphatic heterocycles. The highest BCUT2D eigenvalue weighted by Crippen LogP contribution is 2.03. The predicted octanol–water partition coefficient (Wildman–Crippen LogP) is -0.232. The summed E-state index contributed by atoms with van der Waals surface area (Å²) in [5.41, 5.74) is 6.81. The van der Waals surface area contributed by atoms with Gasteiger partial charge in [0.25, 0.3) is 0 Å². The van der Waals surface area contributed by atoms with Crippen LogP contribution in [0.15, 0.2) is 17.3 Å². The number of nitrogens with one attached hydrogen (secondary N) is 3. The van der Waals surface area contributed by atoms with Gasteiger partial charge < -0.3 is 20.4 Å². The van der Waals surface area contributed by atoms with Crippen LogP contribution in [-0.2, 0) is 17.8 Å². The smallest absolute Gasteiger partial charge is 0.324 e. The first-order valence-electron chi connectivity index (χ1n) is 4.87. The Morgan fingerprint density at radius 1 is 1.44 bits per heavy atom. The average molecular weight is 223 g/mol. The molecule has 0 spiro atoms. The van der Waals surface area contributed by atoms with Crippen molar-refractivity contribution < 1.29 is 4.74 Å². The Kier molecular flexibility index (Phi) is 3.06. The van der Waals surface area contributed by atoms with Crippen molar-refractivity contribution in [2.24, 2.45) is 0 Å². The first kappa shape index (κ1) is 10.5. The first-order chi connectivity index (χ1) is 7.75. The van der Waals surface area contributed by atoms with Crippen LogP contribution in [0.4, 0.5) is 5.82 Å². The molecule has 2 rings (SSSR count). The van der Waals surface area contributed by atoms with Crippen molar-refractivity contribution in [2.45, 2.75) is 13.0 Å². The largest absolute Gasteiger partial charge is 0.384 e. The summed E-state index contributed by atoms with van der Waals surface area (Å²) in [6.07, 6.45) is 4.11. The zero-order chi connectivity index (χ0) is 11.4. The van der Waals surface area contributed by atoms with Crippen LogP contribution in [0.25, 0.3) is 0 Å². The lowest BCUT2D eigenvalue weighted by molar-refractivity contribution is 0.121. The highest BCUT2D eigenvalue weighted by molar-refractivity contribution is 5.32. The van der Waals surface area contributed by atoms with Gasteiger partial charge in [0.05, 0.1) is 25.2 Å². The molecule has 16 heavy (non-hydrogen) atoms. The Hall–Kier alpha value is -2.02. The zero-order valence-corrected chi connectivity index (χ0v) is 8.62. The minimum absolute atomic E-state index is 0.290. The third kappa shape index (κ3) is 2.51. The van der Waals surface area contributed by atoms with Crippen LogP contribution in [0.2, 0.25) is 0 Å². The molecule has 0 aromatic carbocycles. The van der Waals surface area contributed by atoms with E-state index in [1.54, 1.807) is 12.5 Å². The van der Waals surface area contributed by atoms with E-state index < -0.39 is 0 Å². The van der Waals surface area contributed by atoms with Crippen LogP contribution in [0.1, 0.15) is 11.4 Å². The van der Waals surface area contributed by atoms with E-state index in [2.05, 4.69) is 19.9 Å². The zero-order valence-electron chi connectivity index (χ0n) is 8.62. The minimum Gasteiger partial charge on any atom is -0.384 e. The fourth-order valence-corrected chi connectivity index (χ4v) is 1.32. The summed E-state index contributed by atoms with van der Waals surface area (Å²) in [5, 5.41) is 0. The summed E-state index contributed by atoms with van der Waals surface area (Å²) >= 11 is 0. The van der Waals surface area contributed by atoms with E-state index in [1.807, 2.05) is 0 Å². The quantitative estimate of drug-likeness (QED) is 0.524. The van der Waals surface area contributed by atoms with Gasteiger partial charge in [-0.3, -0.25) is 4.98 Å². The van der Waals surface area contributed by atoms with Gasteiger partial charge in [-0.25, -0.2) is 9.78 Å². The number of hydrogen-bond acceptors (Lipinski definition) is 4. The van der Waals surface area contributed by atoms with Gasteiger partial charge in [-0.2, -0.15) is 0 Å². The third-order valence-electron chi connectivity index (χ3n) is 2.15. The van der Waals surface area contributed by atoms with Gasteiger partial charge in [-0.15, -0.1) is 0 Å². The molecular weight excluding hydrogens is 210 g/mol. The normalized spacial score (nSPS) is 10.8. The Morgan fingerprint density at radius 2 is 2.31 bits per heavy atom. The van der Waals surface area contributed by atoms with Crippen molar-refractivity contribution in [3.8, 4) is 0 Å². The fourth-order valence-electron chi connectivity index (χ4n) is 1.32. The van der Waals surface area contributed by atoms with Gasteiger partial charge in [0.2, 0.25) is 0 Å². The van der Waals surface area contributed by atoms with E-state index in [-0.39, 0.29) is 5.69 Å². The molecule has 0 bridgehead atoms. The standard InChI is InChI=1S/C9H13N5O2/c10-8-7(13-9(15)14-8)4-16-2-1-6-3-11-5-12-6/h3,5H,1-2,4,10H2,(H,11,12)(H2,13,14,15). The molecule has 0 saturated carbocycles. The number of aromatic nitrogens is 4. The molecule has 0 aliphatic rings. The summed E-state index contributed by atoms with van der Waals surface area (Å²) in [6, 6.07) is 0. The van der Waals surface area contributed by atoms with Crippen LogP contribution in [0.5, 0.6) is 0 Å². The minimum atomic E-state index is -0.315. The van der Waals surface area contributed by atoms with Crippen LogP contribution in [0.3, 0.4) is 0 Å². The van der Waals surface area contributed by atoms with E-state index in [1.165, 1.54) is 0 Å². The molecule has 7 nitrogen and oxygen atoms in total. The van der Waals surface area contributed by atoms with Gasteiger partial charge >= 0.3 is 5.69 Å². The highest BCUT2D eigenvalue weighted by atomic mass is 16.5. The fraction of sp³-hybridized carbons (Fsp3) is 0.333. The lowest BCUT2D eigenvalue weighted by Gasteiger charge is -2.01. The summed E-state index contributed by atoms with van der Waals surface area (Å²) in [4.78, 5) is 22.7. The van der Waals surface area contributed by atoms with E-state index >= 15 is 0 Å². The summed E-state index contributed by atoms with van der Waals surface area (Å²) < 4.78 is 5.37. The molecule has 0 unspecified atom stereocenters. The Morgan fingerprint density at radius 3 is 2.94 bits per heavy atom. The number of anilines is 1. The molecule has 86 valence electrons. The molecule has 0 atom stereocenters. The molecule has 2 aromatic rings. The van der Waals surface area contributed by atoms with Crippen molar-refractivity contribution in [1.82, 2.24) is 19.9 Å². The van der Waals surface area contributed by atoms with Crippen molar-refractivity contribution in [3.05, 3.63) is 34.4 Å². The van der Waals surface area contributed by atoms with Crippen molar-refractivity contribution in [1.29, 1.82) is 0 Å². The molecule has 5 N–H and O–H groups in total. The van der Waals surface area contributed by atoms with Crippen LogP contribution in [0, 0.1) is 0 Å². The van der Waals surface area contributed by atoms with Crippen LogP contribution in [-0.4, -0.2) is 26.5 Å². The van der Waals surface area contributed by atoms with Crippen molar-refractivity contribution in [3.63, 3.8) is 0 Å². The molecule has 0 saturated heterocycles. The second-order valence-corrected chi connectivity index (χ2v) is 3.35. The average Bonchev–Trinajstić information content (AvgIpc) is 2.84. The summed E-state index contributed by atoms with van der Waals surface area (Å²) in [5.74, 6) is 0.326. The second-order valence-electron chi connectivity index (χ2n) is 3.35. The van der Waals surface area contributed by atoms with Crippen LogP contribution < -0.4 is 11.4 Å². The Bertz CT molecular complexity index is 484. The number of nitrogen functional groups attached to an aromatic ring is 1. The molecule has 7 heteroatoms. The maximum absolute atomic E-state index is 10.9.